The van der Waals surface area contributed by atoms with Gasteiger partial charge in [-0.25, -0.2) is 0 Å². The highest BCUT2D eigenvalue weighted by Crippen LogP contribution is 2.24. The SMILES string of the molecule is C=C(C)c1cc(Br)cc(CC2CCNCC2)c1. The highest BCUT2D eigenvalue weighted by atomic mass is 79.9. The first-order chi connectivity index (χ1) is 8.15. The van der Waals surface area contributed by atoms with E-state index < -0.39 is 0 Å². The number of rotatable bonds is 3. The number of benzene rings is 1. The Hall–Kier alpha value is -0.600. The summed E-state index contributed by atoms with van der Waals surface area (Å²) in [4.78, 5) is 0. The lowest BCUT2D eigenvalue weighted by Crippen LogP contribution is -2.28. The molecule has 0 unspecified atom stereocenters. The van der Waals surface area contributed by atoms with E-state index in [1.165, 1.54) is 48.0 Å². The molecule has 1 fully saturated rings. The van der Waals surface area contributed by atoms with Crippen molar-refractivity contribution in [3.63, 3.8) is 0 Å². The van der Waals surface area contributed by atoms with Gasteiger partial charge in [0.05, 0.1) is 0 Å². The van der Waals surface area contributed by atoms with Crippen molar-refractivity contribution >= 4 is 21.5 Å². The van der Waals surface area contributed by atoms with Gasteiger partial charge in [-0.3, -0.25) is 0 Å². The molecule has 1 aromatic rings. The van der Waals surface area contributed by atoms with Crippen molar-refractivity contribution in [2.75, 3.05) is 13.1 Å². The van der Waals surface area contributed by atoms with Crippen LogP contribution in [-0.4, -0.2) is 13.1 Å². The summed E-state index contributed by atoms with van der Waals surface area (Å²) < 4.78 is 1.17. The number of allylic oxidation sites excluding steroid dienone is 1. The van der Waals surface area contributed by atoms with Gasteiger partial charge in [0.25, 0.3) is 0 Å². The van der Waals surface area contributed by atoms with Crippen molar-refractivity contribution in [2.24, 2.45) is 5.92 Å². The maximum atomic E-state index is 4.02. The average molecular weight is 294 g/mol. The largest absolute Gasteiger partial charge is 0.317 e. The Balaban J connectivity index is 2.11. The third kappa shape index (κ3) is 3.68. The minimum Gasteiger partial charge on any atom is -0.317 e. The molecular weight excluding hydrogens is 274 g/mol. The molecule has 0 aromatic heterocycles. The standard InChI is InChI=1S/C15H20BrN/c1-11(2)14-8-13(9-15(16)10-14)7-12-3-5-17-6-4-12/h8-10,12,17H,1,3-7H2,2H3. The molecule has 0 atom stereocenters. The second kappa shape index (κ2) is 5.83. The van der Waals surface area contributed by atoms with Crippen LogP contribution in [0.15, 0.2) is 29.3 Å². The Morgan fingerprint density at radius 2 is 2.06 bits per heavy atom. The van der Waals surface area contributed by atoms with E-state index >= 15 is 0 Å². The highest BCUT2D eigenvalue weighted by molar-refractivity contribution is 9.10. The molecule has 1 N–H and O–H groups in total. The minimum absolute atomic E-state index is 0.837. The fraction of sp³-hybridized carbons (Fsp3) is 0.467. The summed E-state index contributed by atoms with van der Waals surface area (Å²) in [7, 11) is 0. The fourth-order valence-corrected chi connectivity index (χ4v) is 2.97. The van der Waals surface area contributed by atoms with E-state index in [4.69, 9.17) is 0 Å². The molecule has 1 aliphatic rings. The summed E-state index contributed by atoms with van der Waals surface area (Å²) in [6.07, 6.45) is 3.80. The predicted octanol–water partition coefficient (Wildman–Crippen LogP) is 4.02. The Labute approximate surface area is 112 Å². The lowest BCUT2D eigenvalue weighted by atomic mass is 9.90. The Bertz CT molecular complexity index is 405. The van der Waals surface area contributed by atoms with Crippen LogP contribution in [0.5, 0.6) is 0 Å². The molecule has 1 nitrogen and oxygen atoms in total. The van der Waals surface area contributed by atoms with E-state index in [-0.39, 0.29) is 0 Å². The molecule has 1 aromatic carbocycles. The maximum Gasteiger partial charge on any atom is 0.0184 e. The van der Waals surface area contributed by atoms with Gasteiger partial charge in [-0.05, 0) is 68.5 Å². The van der Waals surface area contributed by atoms with Crippen LogP contribution in [0.4, 0.5) is 0 Å². The smallest absolute Gasteiger partial charge is 0.0184 e. The zero-order chi connectivity index (χ0) is 12.3. The van der Waals surface area contributed by atoms with Crippen molar-refractivity contribution in [2.45, 2.75) is 26.2 Å². The molecular formula is C15H20BrN. The van der Waals surface area contributed by atoms with Crippen LogP contribution in [0.2, 0.25) is 0 Å². The molecule has 0 bridgehead atoms. The van der Waals surface area contributed by atoms with Gasteiger partial charge in [0.2, 0.25) is 0 Å². The van der Waals surface area contributed by atoms with Crippen molar-refractivity contribution in [3.8, 4) is 0 Å². The quantitative estimate of drug-likeness (QED) is 0.887. The minimum atomic E-state index is 0.837. The molecule has 0 spiro atoms. The second-order valence-electron chi connectivity index (χ2n) is 5.03. The van der Waals surface area contributed by atoms with Gasteiger partial charge in [-0.2, -0.15) is 0 Å². The van der Waals surface area contributed by atoms with E-state index in [0.29, 0.717) is 0 Å². The van der Waals surface area contributed by atoms with Crippen LogP contribution in [-0.2, 0) is 6.42 Å². The second-order valence-corrected chi connectivity index (χ2v) is 5.94. The van der Waals surface area contributed by atoms with Crippen LogP contribution < -0.4 is 5.32 Å². The number of hydrogen-bond donors (Lipinski definition) is 1. The molecule has 0 aliphatic carbocycles. The zero-order valence-electron chi connectivity index (χ0n) is 10.4. The summed E-state index contributed by atoms with van der Waals surface area (Å²) in [5, 5.41) is 3.42. The zero-order valence-corrected chi connectivity index (χ0v) is 12.0. The summed E-state index contributed by atoms with van der Waals surface area (Å²) in [5.74, 6) is 0.837. The van der Waals surface area contributed by atoms with Gasteiger partial charge in [0, 0.05) is 4.47 Å². The maximum absolute atomic E-state index is 4.02. The topological polar surface area (TPSA) is 12.0 Å². The third-order valence-electron chi connectivity index (χ3n) is 3.43. The first-order valence-electron chi connectivity index (χ1n) is 6.31. The molecule has 0 saturated carbocycles. The molecule has 0 amide bonds. The van der Waals surface area contributed by atoms with Crippen LogP contribution in [0.25, 0.3) is 5.57 Å². The molecule has 0 radical (unpaired) electrons. The Kier molecular flexibility index (Phi) is 4.41. The van der Waals surface area contributed by atoms with Crippen LogP contribution in [0.1, 0.15) is 30.9 Å². The highest BCUT2D eigenvalue weighted by Gasteiger charge is 2.14. The van der Waals surface area contributed by atoms with Gasteiger partial charge in [-0.15, -0.1) is 0 Å². The summed E-state index contributed by atoms with van der Waals surface area (Å²) in [6, 6.07) is 6.68. The first kappa shape index (κ1) is 12.8. The monoisotopic (exact) mass is 293 g/mol. The number of nitrogens with one attached hydrogen (secondary N) is 1. The molecule has 2 rings (SSSR count). The van der Waals surface area contributed by atoms with E-state index in [1.54, 1.807) is 0 Å². The lowest BCUT2D eigenvalue weighted by molar-refractivity contribution is 0.372. The van der Waals surface area contributed by atoms with E-state index in [2.05, 4.69) is 52.9 Å². The molecule has 2 heteroatoms. The van der Waals surface area contributed by atoms with Gasteiger partial charge in [0.1, 0.15) is 0 Å². The summed E-state index contributed by atoms with van der Waals surface area (Å²) in [6.45, 7) is 8.43. The molecule has 92 valence electrons. The summed E-state index contributed by atoms with van der Waals surface area (Å²) in [5.41, 5.74) is 3.82. The molecule has 1 saturated heterocycles. The average Bonchev–Trinajstić information content (AvgIpc) is 2.29. The van der Waals surface area contributed by atoms with E-state index in [0.717, 1.165) is 11.5 Å². The van der Waals surface area contributed by atoms with Gasteiger partial charge < -0.3 is 5.32 Å². The fourth-order valence-electron chi connectivity index (χ4n) is 2.43. The number of hydrogen-bond acceptors (Lipinski definition) is 1. The third-order valence-corrected chi connectivity index (χ3v) is 3.89. The van der Waals surface area contributed by atoms with Gasteiger partial charge in [-0.1, -0.05) is 34.1 Å². The van der Waals surface area contributed by atoms with Crippen molar-refractivity contribution in [3.05, 3.63) is 40.4 Å². The van der Waals surface area contributed by atoms with Gasteiger partial charge in [0.15, 0.2) is 0 Å². The predicted molar refractivity (Wildman–Crippen MR) is 78.1 cm³/mol. The summed E-state index contributed by atoms with van der Waals surface area (Å²) >= 11 is 3.59. The van der Waals surface area contributed by atoms with Crippen molar-refractivity contribution in [1.82, 2.24) is 5.32 Å². The van der Waals surface area contributed by atoms with Gasteiger partial charge >= 0.3 is 0 Å². The van der Waals surface area contributed by atoms with Crippen LogP contribution in [0.3, 0.4) is 0 Å². The van der Waals surface area contributed by atoms with Crippen LogP contribution >= 0.6 is 15.9 Å². The van der Waals surface area contributed by atoms with E-state index in [9.17, 15) is 0 Å². The first-order valence-corrected chi connectivity index (χ1v) is 7.10. The molecule has 1 heterocycles. The van der Waals surface area contributed by atoms with Crippen molar-refractivity contribution in [1.29, 1.82) is 0 Å². The molecule has 1 aliphatic heterocycles. The Morgan fingerprint density at radius 1 is 1.35 bits per heavy atom. The molecule has 17 heavy (non-hydrogen) atoms. The number of halogens is 1. The van der Waals surface area contributed by atoms with E-state index in [1.807, 2.05) is 0 Å². The van der Waals surface area contributed by atoms with Crippen LogP contribution in [0, 0.1) is 5.92 Å². The van der Waals surface area contributed by atoms with Crippen molar-refractivity contribution < 1.29 is 0 Å². The lowest BCUT2D eigenvalue weighted by Gasteiger charge is -2.22. The Morgan fingerprint density at radius 3 is 2.71 bits per heavy atom. The number of piperidine rings is 1. The normalized spacial score (nSPS) is 17.1.